The Hall–Kier alpha value is -15.1. The van der Waals surface area contributed by atoms with Gasteiger partial charge < -0.3 is 48.3 Å². The molecule has 0 aromatic heterocycles. The van der Waals surface area contributed by atoms with E-state index in [9.17, 15) is 96.2 Å². The summed E-state index contributed by atoms with van der Waals surface area (Å²) >= 11 is 0. The minimum absolute atomic E-state index is 0. The number of allylic oxidation sites excluding steroid dienone is 16. The average molecular weight is 1930 g/mol. The maximum atomic E-state index is 13.4. The van der Waals surface area contributed by atoms with E-state index in [2.05, 4.69) is 15.0 Å². The van der Waals surface area contributed by atoms with Crippen molar-refractivity contribution in [1.82, 2.24) is 0 Å². The summed E-state index contributed by atoms with van der Waals surface area (Å²) in [7, 11) is 0. The number of hydrogen-bond donors (Lipinski definition) is 4. The van der Waals surface area contributed by atoms with E-state index >= 15 is 0 Å². The standard InChI is InChI=1S/C25H19N5O5.C25H19N3O5.C25H20N2O6.C24H21N3O4.CHO2.N3.HN2.Na.H2O/c26-28-27-21(31)14-7-15(29-22(32)17-10-1-2-11(5-10)18(17)23(29)33)9-16(8-14)30-24(34)19-12-3-4-13(6-12)20(19)25(30)35;29-10-26-15-7-16(27-22(30)18-11-1-2-12(5-11)19(18)23(27)31)9-17(8-15)28-24(32)20-13-3-4-14(6-13)21(20)25(28)33;28-21-17-10-1-2-11(5-10)18(17)22(29)26(21)15-7-14(25(32)33)8-16(9-15)27-23(30)19-12-3-4-13(6-12)20(19)24(27)31;25-14-7-15(26-21(28)17-10-1-2-11(5-10)18(17)22(26)29)9-16(8-14)27-23(30)19-12-3-4-13(6-12)20(19)24(27)31;2-1-3;1-3-2;1-2;;/h1-4,7-13,17-20H,5-6H2;1-4,7-9,11-14,18-21H,5-6H2;1-4,7-13,17-20H,5-6H2,(H,32,33);1-4,7-13,17-20H,5-6,25H2;(H,2,3);;1H;;1H2/q;;;;3*-1;+1;. The van der Waals surface area contributed by atoms with Gasteiger partial charge in [0.05, 0.1) is 151 Å². The monoisotopic (exact) mass is 1930 g/mol. The Kier molecular flexibility index (Phi) is 23.3. The minimum Gasteiger partial charge on any atom is -0.715 e. The summed E-state index contributed by atoms with van der Waals surface area (Å²) in [5, 5.41) is 19.6. The van der Waals surface area contributed by atoms with Gasteiger partial charge in [-0.05, 0) is 229 Å². The zero-order valence-corrected chi connectivity index (χ0v) is 77.1. The third-order valence-electron chi connectivity index (χ3n) is 34.2. The van der Waals surface area contributed by atoms with Crippen molar-refractivity contribution < 1.29 is 141 Å². The molecule has 714 valence electrons. The zero-order valence-electron chi connectivity index (χ0n) is 75.1. The number of carboxylic acids is 1. The Labute approximate surface area is 826 Å². The van der Waals surface area contributed by atoms with Crippen molar-refractivity contribution in [3.8, 4) is 0 Å². The van der Waals surface area contributed by atoms with Gasteiger partial charge >= 0.3 is 35.5 Å². The van der Waals surface area contributed by atoms with E-state index in [0.717, 1.165) is 80.8 Å². The van der Waals surface area contributed by atoms with Crippen molar-refractivity contribution in [3.05, 3.63) is 213 Å². The number of nitrogens with zero attached hydrogens (tertiary/aromatic N) is 16. The van der Waals surface area contributed by atoms with E-state index in [-0.39, 0.29) is 323 Å². The molecule has 24 aliphatic rings. The van der Waals surface area contributed by atoms with Crippen LogP contribution in [-0.4, -0.2) is 135 Å². The molecule has 32 atom stereocenters. The van der Waals surface area contributed by atoms with Crippen LogP contribution in [0.15, 0.2) is 180 Å². The number of anilines is 9. The molecule has 142 heavy (non-hydrogen) atoms. The molecule has 8 saturated carbocycles. The molecule has 42 heteroatoms. The Balaban J connectivity index is 0.000000113. The molecule has 8 aliphatic heterocycles. The number of amides is 17. The van der Waals surface area contributed by atoms with Gasteiger partial charge in [0, 0.05) is 16.2 Å². The molecule has 0 spiro atoms. The van der Waals surface area contributed by atoms with E-state index in [4.69, 9.17) is 43.3 Å². The van der Waals surface area contributed by atoms with Gasteiger partial charge in [-0.2, -0.15) is 4.99 Å². The maximum absolute atomic E-state index is 13.4. The summed E-state index contributed by atoms with van der Waals surface area (Å²) in [5.41, 5.74) is 41.1. The average Bonchev–Trinajstić information content (AvgIpc) is 1.54. The molecule has 4 aromatic rings. The summed E-state index contributed by atoms with van der Waals surface area (Å²) in [6, 6.07) is 17.2. The number of carboxylic acid groups (broad SMARTS) is 1. The molecular formula is C100H83N18NaO23-2. The second-order valence-corrected chi connectivity index (χ2v) is 40.2. The van der Waals surface area contributed by atoms with Crippen LogP contribution in [0, 0.1) is 195 Å². The number of fused-ring (bicyclic) bond motifs is 40. The number of benzene rings is 4. The Morgan fingerprint density at radius 3 is 0.613 bits per heavy atom. The summed E-state index contributed by atoms with van der Waals surface area (Å²) in [5.74, 6) is -12.5. The van der Waals surface area contributed by atoms with E-state index < -0.39 is 59.2 Å². The number of carbonyl (C=O) groups is 18. The van der Waals surface area contributed by atoms with Crippen LogP contribution in [0.2, 0.25) is 0 Å². The van der Waals surface area contributed by atoms with E-state index in [1.54, 1.807) is 18.2 Å². The molecule has 17 amide bonds. The fraction of sp³-hybridized carbons (Fsp3) is 0.400. The second kappa shape index (κ2) is 35.0. The largest absolute Gasteiger partial charge is 1.00 e. The van der Waals surface area contributed by atoms with Crippen LogP contribution in [0.1, 0.15) is 72.1 Å². The van der Waals surface area contributed by atoms with Gasteiger partial charge in [0.25, 0.3) is 0 Å². The first kappa shape index (κ1) is 94.5. The molecule has 41 nitrogen and oxygen atoms in total. The number of isocyanates is 1. The van der Waals surface area contributed by atoms with Crippen LogP contribution in [0.5, 0.6) is 0 Å². The molecule has 8 saturated heterocycles. The third kappa shape index (κ3) is 13.6. The number of nitrogens with one attached hydrogen (secondary N) is 1. The number of rotatable bonds is 11. The number of nitrogen functional groups attached to an aromatic ring is 1. The molecule has 32 unspecified atom stereocenters. The molecule has 0 radical (unpaired) electrons. The predicted molar refractivity (Wildman–Crippen MR) is 488 cm³/mol. The number of nitrogens with two attached hydrogens (primary N) is 1. The van der Waals surface area contributed by atoms with E-state index in [1.807, 2.05) is 97.2 Å². The minimum atomic E-state index is -1.26. The number of carbonyl (C=O) groups excluding carboxylic acids is 18. The van der Waals surface area contributed by atoms with Crippen molar-refractivity contribution >= 4 is 176 Å². The second-order valence-electron chi connectivity index (χ2n) is 40.2. The fourth-order valence-corrected chi connectivity index (χ4v) is 29.1. The van der Waals surface area contributed by atoms with E-state index in [1.165, 1.54) is 75.4 Å². The smallest absolute Gasteiger partial charge is 0.715 e. The molecule has 8 heterocycles. The quantitative estimate of drug-likeness (QED) is 0.0124. The molecule has 16 fully saturated rings. The number of aliphatic imine (C=N–C) groups is 1. The van der Waals surface area contributed by atoms with Crippen molar-refractivity contribution in [3.63, 3.8) is 0 Å². The number of azide groups is 1. The van der Waals surface area contributed by atoms with Crippen molar-refractivity contribution in [2.45, 2.75) is 51.4 Å². The van der Waals surface area contributed by atoms with Crippen molar-refractivity contribution in [1.29, 1.82) is 5.53 Å². The Bertz CT molecular complexity index is 6130. The van der Waals surface area contributed by atoms with Crippen molar-refractivity contribution in [2.24, 2.45) is 199 Å². The SMILES string of the molecule is Nc1cc(N2C(=O)C3C4C=CC(C4)C3C2=O)cc(N2C(=O)C3C4C=CC(C4)C3C2=O)c1.O.O=C(O)c1cc(N2C(=O)C3C4C=CC(C4)C3C2=O)cc(N2C(=O)C3C4C=CC(C4)C3C2=O)c1.O=C=Nc1cc(N2C(=O)C3C4C=CC(C4)C3C2=O)cc(N2C(=O)C3C4C=CC(C4)C3C2=O)c1.O=[C-]O.[N-]=N.[N-]=[N+]=NC(=O)c1cc(N2C(=O)C3C4C=CC(C4)C3C2=O)cc(N2C(=O)C3C4C=CC(C4)C3C2=O)c1.[N-]=[N+]=[N-].[Na+]. The number of hydrogen-bond acceptors (Lipinski definition) is 23. The first-order valence-electron chi connectivity index (χ1n) is 46.5. The molecule has 4 aromatic carbocycles. The zero-order chi connectivity index (χ0) is 98.1. The molecular weight excluding hydrogens is 1840 g/mol. The number of aliphatic hydroxyl groups excluding tert-OH is 1. The van der Waals surface area contributed by atoms with Gasteiger partial charge in [0.2, 0.25) is 107 Å². The van der Waals surface area contributed by atoms with E-state index in [0.29, 0.717) is 23.5 Å². The van der Waals surface area contributed by atoms with Gasteiger partial charge in [-0.1, -0.05) is 104 Å². The third-order valence-corrected chi connectivity index (χ3v) is 34.2. The predicted octanol–water partition coefficient (Wildman–Crippen LogP) is 6.18. The van der Waals surface area contributed by atoms with Crippen LogP contribution < -0.4 is 74.5 Å². The van der Waals surface area contributed by atoms with Crippen LogP contribution in [0.25, 0.3) is 31.9 Å². The van der Waals surface area contributed by atoms with Gasteiger partial charge in [-0.3, -0.25) is 86.4 Å². The fourth-order valence-electron chi connectivity index (χ4n) is 29.1. The van der Waals surface area contributed by atoms with Crippen molar-refractivity contribution in [2.75, 3.05) is 44.9 Å². The Morgan fingerprint density at radius 1 is 0.317 bits per heavy atom. The molecule has 7 N–H and O–H groups in total. The van der Waals surface area contributed by atoms with Crippen LogP contribution in [0.4, 0.5) is 56.9 Å². The topological polar surface area (TPSA) is 631 Å². The molecule has 16 aliphatic carbocycles. The number of aromatic carboxylic acids is 1. The Morgan fingerprint density at radius 2 is 0.465 bits per heavy atom. The number of imide groups is 8. The summed E-state index contributed by atoms with van der Waals surface area (Å²) in [6.07, 6.45) is 40.1. The first-order chi connectivity index (χ1) is 67.5. The van der Waals surface area contributed by atoms with Crippen LogP contribution in [-0.2, 0) is 86.3 Å². The van der Waals surface area contributed by atoms with Gasteiger partial charge in [0.15, 0.2) is 0 Å². The normalized spacial score (nSPS) is 36.7. The van der Waals surface area contributed by atoms with Gasteiger partial charge in [0.1, 0.15) is 0 Å². The van der Waals surface area contributed by atoms with Crippen LogP contribution >= 0.6 is 0 Å². The van der Waals surface area contributed by atoms with Gasteiger partial charge in [-0.25, -0.2) is 48.8 Å². The summed E-state index contributed by atoms with van der Waals surface area (Å²) in [4.78, 5) is 273. The molecule has 28 rings (SSSR count). The maximum Gasteiger partial charge on any atom is 1.00 e. The molecule has 16 bridgehead atoms. The van der Waals surface area contributed by atoms with Crippen LogP contribution in [0.3, 0.4) is 0 Å². The van der Waals surface area contributed by atoms with Gasteiger partial charge in [-0.15, -0.1) is 0 Å². The summed E-state index contributed by atoms with van der Waals surface area (Å²) in [6.45, 7) is 0.500. The summed E-state index contributed by atoms with van der Waals surface area (Å²) < 4.78 is 0. The first-order valence-corrected chi connectivity index (χ1v) is 46.5.